The molecule has 0 aromatic carbocycles. The first-order valence-corrected chi connectivity index (χ1v) is 10.1. The lowest BCUT2D eigenvalue weighted by molar-refractivity contribution is -0.151. The summed E-state index contributed by atoms with van der Waals surface area (Å²) in [6, 6.07) is 0. The molecule has 150 valence electrons. The molecule has 4 aliphatic rings. The van der Waals surface area contributed by atoms with E-state index in [9.17, 15) is 25.3 Å². The number of aliphatic hydroxyl groups excluding tert-OH is 2. The second kappa shape index (κ2) is 5.88. The normalized spacial score (nSPS) is 52.7. The van der Waals surface area contributed by atoms with Gasteiger partial charge >= 0.3 is 0 Å². The maximum Gasteiger partial charge on any atom is 0.159 e. The second-order valence-corrected chi connectivity index (χ2v) is 9.84. The van der Waals surface area contributed by atoms with Crippen molar-refractivity contribution in [1.29, 1.82) is 0 Å². The van der Waals surface area contributed by atoms with E-state index in [0.29, 0.717) is 18.6 Å². The van der Waals surface area contributed by atoms with Crippen LogP contribution in [-0.4, -0.2) is 49.8 Å². The highest BCUT2D eigenvalue weighted by atomic mass is 16.4. The van der Waals surface area contributed by atoms with Crippen LogP contribution in [0.3, 0.4) is 0 Å². The number of carbonyl (C=O) groups is 1. The molecule has 0 aromatic rings. The Bertz CT molecular complexity index is 732. The third-order valence-corrected chi connectivity index (χ3v) is 8.78. The zero-order chi connectivity index (χ0) is 19.8. The van der Waals surface area contributed by atoms with Crippen LogP contribution >= 0.6 is 0 Å². The molecule has 0 amide bonds. The number of allylic oxidation sites excluding steroid dienone is 1. The minimum Gasteiger partial charge on any atom is -0.411 e. The average Bonchev–Trinajstić information content (AvgIpc) is 2.89. The Morgan fingerprint density at radius 2 is 1.85 bits per heavy atom. The lowest BCUT2D eigenvalue weighted by atomic mass is 9.46. The first-order chi connectivity index (χ1) is 12.6. The maximum atomic E-state index is 13.0. The van der Waals surface area contributed by atoms with Gasteiger partial charge in [-0.15, -0.1) is 0 Å². The number of oxime groups is 1. The standard InChI is InChI=1S/C21H31NO5/c1-11(22-27)12-5-7-21(26)14-8-16(23)15-9-17(24)18(25)10-19(15,2)13(14)4-6-20(12,21)3/h8,12-13,15,17-18,24-27H,4-7,9-10H2,1-3H3/t12-,13?,15+,17-,18+,19-,20-,21-/m1/s1. The Labute approximate surface area is 160 Å². The van der Waals surface area contributed by atoms with E-state index in [1.807, 2.05) is 6.92 Å². The fourth-order valence-electron chi connectivity index (χ4n) is 7.11. The van der Waals surface area contributed by atoms with Gasteiger partial charge in [-0.25, -0.2) is 0 Å². The molecule has 0 aromatic heterocycles. The van der Waals surface area contributed by atoms with Crippen LogP contribution in [0.1, 0.15) is 59.3 Å². The molecule has 4 N–H and O–H groups in total. The Morgan fingerprint density at radius 1 is 1.15 bits per heavy atom. The number of nitrogens with zero attached hydrogens (tertiary/aromatic N) is 1. The van der Waals surface area contributed by atoms with Gasteiger partial charge in [0.15, 0.2) is 5.78 Å². The van der Waals surface area contributed by atoms with Crippen LogP contribution in [0.5, 0.6) is 0 Å². The number of hydrogen-bond donors (Lipinski definition) is 4. The molecule has 0 heterocycles. The molecule has 0 bridgehead atoms. The van der Waals surface area contributed by atoms with Crippen LogP contribution in [-0.2, 0) is 4.79 Å². The summed E-state index contributed by atoms with van der Waals surface area (Å²) in [6.45, 7) is 5.89. The van der Waals surface area contributed by atoms with Gasteiger partial charge in [-0.05, 0) is 68.4 Å². The topological polar surface area (TPSA) is 110 Å². The van der Waals surface area contributed by atoms with Crippen LogP contribution < -0.4 is 0 Å². The summed E-state index contributed by atoms with van der Waals surface area (Å²) in [4.78, 5) is 13.0. The van der Waals surface area contributed by atoms with Crippen molar-refractivity contribution in [2.75, 3.05) is 0 Å². The zero-order valence-electron chi connectivity index (χ0n) is 16.4. The smallest absolute Gasteiger partial charge is 0.159 e. The quantitative estimate of drug-likeness (QED) is 0.318. The summed E-state index contributed by atoms with van der Waals surface area (Å²) in [5.74, 6) is -0.349. The van der Waals surface area contributed by atoms with Crippen molar-refractivity contribution in [1.82, 2.24) is 0 Å². The third kappa shape index (κ3) is 2.29. The van der Waals surface area contributed by atoms with Crippen molar-refractivity contribution in [2.45, 2.75) is 77.1 Å². The highest BCUT2D eigenvalue weighted by molar-refractivity contribution is 5.95. The van der Waals surface area contributed by atoms with E-state index in [2.05, 4.69) is 12.1 Å². The minimum absolute atomic E-state index is 0.0190. The molecule has 0 radical (unpaired) electrons. The van der Waals surface area contributed by atoms with E-state index in [-0.39, 0.29) is 30.0 Å². The zero-order valence-corrected chi connectivity index (χ0v) is 16.4. The van der Waals surface area contributed by atoms with Crippen molar-refractivity contribution in [3.63, 3.8) is 0 Å². The van der Waals surface area contributed by atoms with E-state index in [4.69, 9.17) is 0 Å². The molecular formula is C21H31NO5. The number of ketones is 1. The summed E-state index contributed by atoms with van der Waals surface area (Å²) >= 11 is 0. The second-order valence-electron chi connectivity index (χ2n) is 9.84. The third-order valence-electron chi connectivity index (χ3n) is 8.78. The number of rotatable bonds is 1. The number of aliphatic hydroxyl groups is 3. The van der Waals surface area contributed by atoms with Crippen molar-refractivity contribution in [2.24, 2.45) is 33.7 Å². The summed E-state index contributed by atoms with van der Waals surface area (Å²) in [5.41, 5.74) is -0.583. The van der Waals surface area contributed by atoms with Gasteiger partial charge in [0.1, 0.15) is 0 Å². The average molecular weight is 377 g/mol. The van der Waals surface area contributed by atoms with Gasteiger partial charge in [0.2, 0.25) is 0 Å². The number of fused-ring (bicyclic) bond motifs is 5. The molecule has 0 spiro atoms. The van der Waals surface area contributed by atoms with E-state index in [1.54, 1.807) is 13.0 Å². The van der Waals surface area contributed by atoms with Crippen LogP contribution in [0.15, 0.2) is 16.8 Å². The summed E-state index contributed by atoms with van der Waals surface area (Å²) in [5, 5.41) is 45.0. The van der Waals surface area contributed by atoms with E-state index >= 15 is 0 Å². The Balaban J connectivity index is 1.79. The van der Waals surface area contributed by atoms with Gasteiger partial charge in [0.25, 0.3) is 0 Å². The molecule has 8 atom stereocenters. The molecule has 6 heteroatoms. The summed E-state index contributed by atoms with van der Waals surface area (Å²) < 4.78 is 0. The SMILES string of the molecule is CC(=NO)[C@H]1CC[C@@]2(O)C3=CC(=O)[C@@H]4C[C@@H](O)[C@@H](O)C[C@]4(C)C3CC[C@]12C. The van der Waals surface area contributed by atoms with Crippen molar-refractivity contribution >= 4 is 11.5 Å². The molecule has 4 rings (SSSR count). The lowest BCUT2D eigenvalue weighted by Crippen LogP contribution is -2.60. The monoisotopic (exact) mass is 377 g/mol. The van der Waals surface area contributed by atoms with E-state index in [1.165, 1.54) is 0 Å². The first kappa shape index (κ1) is 19.1. The molecule has 1 unspecified atom stereocenters. The highest BCUT2D eigenvalue weighted by Crippen LogP contribution is 2.67. The molecule has 3 fully saturated rings. The van der Waals surface area contributed by atoms with E-state index < -0.39 is 28.6 Å². The molecule has 27 heavy (non-hydrogen) atoms. The fourth-order valence-corrected chi connectivity index (χ4v) is 7.11. The van der Waals surface area contributed by atoms with Gasteiger partial charge in [0, 0.05) is 17.3 Å². The summed E-state index contributed by atoms with van der Waals surface area (Å²) in [7, 11) is 0. The Morgan fingerprint density at radius 3 is 2.52 bits per heavy atom. The predicted molar refractivity (Wildman–Crippen MR) is 99.3 cm³/mol. The van der Waals surface area contributed by atoms with Gasteiger partial charge in [-0.1, -0.05) is 19.0 Å². The van der Waals surface area contributed by atoms with Crippen LogP contribution in [0.4, 0.5) is 0 Å². The van der Waals surface area contributed by atoms with Crippen molar-refractivity contribution < 1.29 is 25.3 Å². The molecule has 3 saturated carbocycles. The highest BCUT2D eigenvalue weighted by Gasteiger charge is 2.66. The Hall–Kier alpha value is -1.24. The van der Waals surface area contributed by atoms with Gasteiger partial charge < -0.3 is 20.5 Å². The van der Waals surface area contributed by atoms with Crippen LogP contribution in [0.2, 0.25) is 0 Å². The van der Waals surface area contributed by atoms with Crippen LogP contribution in [0.25, 0.3) is 0 Å². The first-order valence-electron chi connectivity index (χ1n) is 10.1. The molecule has 4 aliphatic carbocycles. The molecule has 0 saturated heterocycles. The summed E-state index contributed by atoms with van der Waals surface area (Å²) in [6.07, 6.45) is 3.48. The van der Waals surface area contributed by atoms with Crippen molar-refractivity contribution in [3.8, 4) is 0 Å². The fraction of sp³-hybridized carbons (Fsp3) is 0.810. The molecular weight excluding hydrogens is 346 g/mol. The van der Waals surface area contributed by atoms with Gasteiger partial charge in [0.05, 0.1) is 23.5 Å². The van der Waals surface area contributed by atoms with E-state index in [0.717, 1.165) is 24.8 Å². The largest absolute Gasteiger partial charge is 0.411 e. The number of carbonyl (C=O) groups excluding carboxylic acids is 1. The van der Waals surface area contributed by atoms with Crippen molar-refractivity contribution in [3.05, 3.63) is 11.6 Å². The lowest BCUT2D eigenvalue weighted by Gasteiger charge is -2.59. The van der Waals surface area contributed by atoms with Crippen LogP contribution in [0, 0.1) is 28.6 Å². The maximum absolute atomic E-state index is 13.0. The molecule has 0 aliphatic heterocycles. The minimum atomic E-state index is -1.10. The van der Waals surface area contributed by atoms with Gasteiger partial charge in [-0.3, -0.25) is 4.79 Å². The number of hydrogen-bond acceptors (Lipinski definition) is 6. The van der Waals surface area contributed by atoms with Gasteiger partial charge in [-0.2, -0.15) is 0 Å². The Kier molecular flexibility index (Phi) is 4.16. The molecule has 6 nitrogen and oxygen atoms in total. The predicted octanol–water partition coefficient (Wildman–Crippen LogP) is 2.04.